The Morgan fingerprint density at radius 2 is 2.00 bits per heavy atom. The van der Waals surface area contributed by atoms with E-state index >= 15 is 0 Å². The van der Waals surface area contributed by atoms with E-state index in [1.807, 2.05) is 4.83 Å². The molecule has 0 aromatic rings. The van der Waals surface area contributed by atoms with E-state index in [1.54, 1.807) is 0 Å². The van der Waals surface area contributed by atoms with E-state index in [2.05, 4.69) is 5.43 Å². The summed E-state index contributed by atoms with van der Waals surface area (Å²) in [5.41, 5.74) is 2.16. The predicted molar refractivity (Wildman–Crippen MR) is 40.9 cm³/mol. The van der Waals surface area contributed by atoms with Crippen LogP contribution in [0.2, 0.25) is 0 Å². The van der Waals surface area contributed by atoms with Crippen LogP contribution in [0, 0.1) is 0 Å². The van der Waals surface area contributed by atoms with Crippen LogP contribution in [-0.2, 0) is 10.0 Å². The van der Waals surface area contributed by atoms with Crippen molar-refractivity contribution < 1.29 is 8.42 Å². The molecular weight excluding hydrogens is 199 g/mol. The van der Waals surface area contributed by atoms with Gasteiger partial charge in [0.2, 0.25) is 10.0 Å². The number of rotatable bonds is 3. The van der Waals surface area contributed by atoms with E-state index in [-0.39, 0.29) is 4.49 Å². The quantitative estimate of drug-likeness (QED) is 0.652. The summed E-state index contributed by atoms with van der Waals surface area (Å²) in [6.07, 6.45) is 2.10. The molecule has 0 saturated carbocycles. The van der Waals surface area contributed by atoms with E-state index in [0.717, 1.165) is 12.5 Å². The van der Waals surface area contributed by atoms with Crippen molar-refractivity contribution in [1.29, 1.82) is 0 Å². The van der Waals surface area contributed by atoms with Crippen LogP contribution >= 0.6 is 23.2 Å². The predicted octanol–water partition coefficient (Wildman–Crippen LogP) is 0.317. The Morgan fingerprint density at radius 1 is 1.50 bits per heavy atom. The van der Waals surface area contributed by atoms with Crippen LogP contribution in [0.25, 0.3) is 0 Å². The fourth-order valence-corrected chi connectivity index (χ4v) is 0.573. The van der Waals surface area contributed by atoms with Gasteiger partial charge in [-0.05, 0) is 0 Å². The van der Waals surface area contributed by atoms with Gasteiger partial charge in [-0.3, -0.25) is 0 Å². The average molecular weight is 205 g/mol. The van der Waals surface area contributed by atoms with Crippen molar-refractivity contribution in [3.05, 3.63) is 10.7 Å². The van der Waals surface area contributed by atoms with Gasteiger partial charge in [0.05, 0.1) is 6.26 Å². The lowest BCUT2D eigenvalue weighted by Crippen LogP contribution is -2.32. The fraction of sp³-hybridized carbons (Fsp3) is 0.333. The number of halogens is 2. The highest BCUT2D eigenvalue weighted by molar-refractivity contribution is 7.88. The van der Waals surface area contributed by atoms with Crippen molar-refractivity contribution in [3.8, 4) is 0 Å². The molecule has 0 bridgehead atoms. The molecule has 0 amide bonds. The maximum atomic E-state index is 10.3. The minimum absolute atomic E-state index is 0.0591. The smallest absolute Gasteiger partial charge is 0.225 e. The second-order valence-corrected chi connectivity index (χ2v) is 4.21. The monoisotopic (exact) mass is 204 g/mol. The number of sulfonamides is 1. The van der Waals surface area contributed by atoms with E-state index in [4.69, 9.17) is 23.2 Å². The van der Waals surface area contributed by atoms with Crippen LogP contribution in [0.4, 0.5) is 0 Å². The summed E-state index contributed by atoms with van der Waals surface area (Å²) in [7, 11) is -3.24. The molecule has 0 aromatic carbocycles. The van der Waals surface area contributed by atoms with Gasteiger partial charge in [-0.2, -0.15) is 0 Å². The molecule has 0 fully saturated rings. The molecule has 0 aliphatic heterocycles. The maximum absolute atomic E-state index is 10.3. The lowest BCUT2D eigenvalue weighted by atomic mass is 11.1. The standard InChI is InChI=1S/C3H6Cl2N2O2S/c1-10(8,9)7-6-2-3(4)5/h2,6-7H,1H3. The molecule has 0 heterocycles. The summed E-state index contributed by atoms with van der Waals surface area (Å²) in [5.74, 6) is 0. The van der Waals surface area contributed by atoms with E-state index in [1.165, 1.54) is 0 Å². The van der Waals surface area contributed by atoms with Crippen LogP contribution in [0.15, 0.2) is 10.7 Å². The van der Waals surface area contributed by atoms with Crippen LogP contribution < -0.4 is 10.3 Å². The first-order valence-corrected chi connectivity index (χ1v) is 4.80. The Balaban J connectivity index is 3.69. The van der Waals surface area contributed by atoms with E-state index in [0.29, 0.717) is 0 Å². The zero-order chi connectivity index (χ0) is 8.20. The first-order valence-electron chi connectivity index (χ1n) is 2.15. The molecule has 0 radical (unpaired) electrons. The molecule has 60 valence electrons. The molecule has 0 aliphatic carbocycles. The highest BCUT2D eigenvalue weighted by Crippen LogP contribution is 2.02. The molecule has 0 atom stereocenters. The Morgan fingerprint density at radius 3 is 2.30 bits per heavy atom. The average Bonchev–Trinajstić information content (AvgIpc) is 1.59. The molecule has 2 N–H and O–H groups in total. The lowest BCUT2D eigenvalue weighted by Gasteiger charge is -1.98. The summed E-state index contributed by atoms with van der Waals surface area (Å²) in [5, 5.41) is 0. The molecular formula is C3H6Cl2N2O2S. The molecule has 0 saturated heterocycles. The fourth-order valence-electron chi connectivity index (χ4n) is 0.191. The molecule has 0 aliphatic rings. The molecule has 0 rings (SSSR count). The SMILES string of the molecule is CS(=O)(=O)NNC=C(Cl)Cl. The Hall–Kier alpha value is 0.0300. The Kier molecular flexibility index (Phi) is 4.04. The highest BCUT2D eigenvalue weighted by atomic mass is 35.5. The van der Waals surface area contributed by atoms with Crippen LogP contribution in [0.3, 0.4) is 0 Å². The van der Waals surface area contributed by atoms with Gasteiger partial charge in [0.15, 0.2) is 0 Å². The van der Waals surface area contributed by atoms with Gasteiger partial charge in [-0.15, -0.1) is 4.83 Å². The summed E-state index contributed by atoms with van der Waals surface area (Å²) in [6, 6.07) is 0. The van der Waals surface area contributed by atoms with Gasteiger partial charge in [-0.1, -0.05) is 23.2 Å². The molecule has 7 heteroatoms. The highest BCUT2D eigenvalue weighted by Gasteiger charge is 1.94. The van der Waals surface area contributed by atoms with Gasteiger partial charge >= 0.3 is 0 Å². The summed E-state index contributed by atoms with van der Waals surface area (Å²) >= 11 is 10.3. The minimum atomic E-state index is -3.24. The molecule has 10 heavy (non-hydrogen) atoms. The molecule has 0 spiro atoms. The normalized spacial score (nSPS) is 10.7. The molecule has 0 aromatic heterocycles. The van der Waals surface area contributed by atoms with Crippen molar-refractivity contribution in [1.82, 2.24) is 10.3 Å². The second-order valence-electron chi connectivity index (χ2n) is 1.45. The largest absolute Gasteiger partial charge is 0.313 e. The van der Waals surface area contributed by atoms with Crippen molar-refractivity contribution >= 4 is 33.2 Å². The second kappa shape index (κ2) is 4.02. The molecule has 0 unspecified atom stereocenters. The summed E-state index contributed by atoms with van der Waals surface area (Å²) in [4.78, 5) is 1.93. The van der Waals surface area contributed by atoms with Crippen molar-refractivity contribution in [2.75, 3.05) is 6.26 Å². The first kappa shape index (κ1) is 10.0. The van der Waals surface area contributed by atoms with Crippen LogP contribution in [-0.4, -0.2) is 14.7 Å². The van der Waals surface area contributed by atoms with Gasteiger partial charge in [0.25, 0.3) is 0 Å². The van der Waals surface area contributed by atoms with Crippen LogP contribution in [0.1, 0.15) is 0 Å². The number of hydrogen-bond acceptors (Lipinski definition) is 3. The Bertz CT molecular complexity index is 219. The number of hydrazine groups is 1. The number of nitrogens with one attached hydrogen (secondary N) is 2. The van der Waals surface area contributed by atoms with Crippen molar-refractivity contribution in [2.24, 2.45) is 0 Å². The summed E-state index contributed by atoms with van der Waals surface area (Å²) < 4.78 is 20.6. The third kappa shape index (κ3) is 8.03. The van der Waals surface area contributed by atoms with Gasteiger partial charge in [0.1, 0.15) is 4.49 Å². The number of hydrogen-bond donors (Lipinski definition) is 2. The minimum Gasteiger partial charge on any atom is -0.313 e. The first-order chi connectivity index (χ1) is 4.42. The zero-order valence-corrected chi connectivity index (χ0v) is 7.39. The zero-order valence-electron chi connectivity index (χ0n) is 5.06. The van der Waals surface area contributed by atoms with Crippen molar-refractivity contribution in [3.63, 3.8) is 0 Å². The topological polar surface area (TPSA) is 58.2 Å². The maximum Gasteiger partial charge on any atom is 0.225 e. The molecule has 4 nitrogen and oxygen atoms in total. The third-order valence-corrected chi connectivity index (χ3v) is 1.13. The van der Waals surface area contributed by atoms with E-state index < -0.39 is 10.0 Å². The van der Waals surface area contributed by atoms with Crippen LogP contribution in [0.5, 0.6) is 0 Å². The van der Waals surface area contributed by atoms with Crippen molar-refractivity contribution in [2.45, 2.75) is 0 Å². The third-order valence-electron chi connectivity index (χ3n) is 0.426. The van der Waals surface area contributed by atoms with Gasteiger partial charge in [-0.25, -0.2) is 8.42 Å². The van der Waals surface area contributed by atoms with Gasteiger partial charge in [0, 0.05) is 6.20 Å². The Labute approximate surface area is 69.2 Å². The lowest BCUT2D eigenvalue weighted by molar-refractivity contribution is 0.581. The van der Waals surface area contributed by atoms with E-state index in [9.17, 15) is 8.42 Å². The summed E-state index contributed by atoms with van der Waals surface area (Å²) in [6.45, 7) is 0. The van der Waals surface area contributed by atoms with Gasteiger partial charge < -0.3 is 5.43 Å².